The minimum absolute atomic E-state index is 0.00330. The number of rotatable bonds is 4. The average molecular weight is 288 g/mol. The summed E-state index contributed by atoms with van der Waals surface area (Å²) in [5.41, 5.74) is 4.80. The van der Waals surface area contributed by atoms with Crippen molar-refractivity contribution < 1.29 is 10.0 Å². The van der Waals surface area contributed by atoms with Crippen molar-refractivity contribution >= 4 is 34.7 Å². The number of oxime groups is 1. The van der Waals surface area contributed by atoms with E-state index in [1.807, 2.05) is 6.07 Å². The molecule has 18 heavy (non-hydrogen) atoms. The molecular formula is C11H14ClN3O2S. The van der Waals surface area contributed by atoms with Crippen LogP contribution in [0.5, 0.6) is 0 Å². The maximum absolute atomic E-state index is 12.3. The van der Waals surface area contributed by atoms with Crippen molar-refractivity contribution in [3.63, 3.8) is 0 Å². The summed E-state index contributed by atoms with van der Waals surface area (Å²) >= 11 is 7.28. The van der Waals surface area contributed by atoms with Crippen LogP contribution in [-0.4, -0.2) is 28.9 Å². The van der Waals surface area contributed by atoms with Gasteiger partial charge in [0.2, 0.25) is 5.91 Å². The normalized spacial score (nSPS) is 17.6. The maximum atomic E-state index is 12.3. The van der Waals surface area contributed by atoms with Crippen molar-refractivity contribution in [1.82, 2.24) is 4.90 Å². The molecule has 7 heteroatoms. The zero-order valence-electron chi connectivity index (χ0n) is 9.89. The molecule has 1 aromatic heterocycles. The monoisotopic (exact) mass is 287 g/mol. The molecule has 0 aromatic carbocycles. The first-order valence-electron chi connectivity index (χ1n) is 5.47. The van der Waals surface area contributed by atoms with Gasteiger partial charge in [0.1, 0.15) is 5.41 Å². The highest BCUT2D eigenvalue weighted by atomic mass is 35.5. The molecule has 0 bridgehead atoms. The number of carbonyl (C=O) groups is 1. The zero-order chi connectivity index (χ0) is 13.3. The first kappa shape index (κ1) is 13.2. The Hall–Kier alpha value is -1.27. The molecular weight excluding hydrogens is 274 g/mol. The number of thiophene rings is 1. The number of halogens is 1. The number of carbonyl (C=O) groups excluding carboxylic acids is 1. The van der Waals surface area contributed by atoms with Crippen LogP contribution in [0.15, 0.2) is 17.3 Å². The lowest BCUT2D eigenvalue weighted by Gasteiger charge is -2.22. The number of amidine groups is 1. The lowest BCUT2D eigenvalue weighted by atomic mass is 10.0. The summed E-state index contributed by atoms with van der Waals surface area (Å²) in [6.07, 6.45) is 1.27. The molecule has 0 aliphatic heterocycles. The minimum atomic E-state index is -0.787. The molecule has 1 aliphatic carbocycles. The van der Waals surface area contributed by atoms with Crippen molar-refractivity contribution in [1.29, 1.82) is 0 Å². The van der Waals surface area contributed by atoms with E-state index in [9.17, 15) is 4.79 Å². The summed E-state index contributed by atoms with van der Waals surface area (Å²) in [6, 6.07) is 3.69. The summed E-state index contributed by atoms with van der Waals surface area (Å²) in [4.78, 5) is 14.9. The molecule has 1 saturated carbocycles. The van der Waals surface area contributed by atoms with Gasteiger partial charge in [-0.3, -0.25) is 4.79 Å². The van der Waals surface area contributed by atoms with E-state index in [2.05, 4.69) is 5.16 Å². The predicted molar refractivity (Wildman–Crippen MR) is 70.9 cm³/mol. The molecule has 1 fully saturated rings. The lowest BCUT2D eigenvalue weighted by Crippen LogP contribution is -2.41. The van der Waals surface area contributed by atoms with Gasteiger partial charge in [0, 0.05) is 11.9 Å². The van der Waals surface area contributed by atoms with Crippen molar-refractivity contribution in [3.05, 3.63) is 21.3 Å². The summed E-state index contributed by atoms with van der Waals surface area (Å²) in [5.74, 6) is -0.106. The van der Waals surface area contributed by atoms with Gasteiger partial charge in [-0.05, 0) is 25.0 Å². The van der Waals surface area contributed by atoms with E-state index in [0.29, 0.717) is 23.7 Å². The van der Waals surface area contributed by atoms with E-state index >= 15 is 0 Å². The van der Waals surface area contributed by atoms with Crippen LogP contribution >= 0.6 is 22.9 Å². The molecule has 0 spiro atoms. The van der Waals surface area contributed by atoms with Crippen LogP contribution < -0.4 is 5.73 Å². The Balaban J connectivity index is 2.06. The molecule has 0 saturated heterocycles. The second-order valence-electron chi connectivity index (χ2n) is 4.43. The predicted octanol–water partition coefficient (Wildman–Crippen LogP) is 1.89. The van der Waals surface area contributed by atoms with E-state index in [4.69, 9.17) is 22.5 Å². The van der Waals surface area contributed by atoms with Crippen molar-refractivity contribution in [2.45, 2.75) is 19.4 Å². The highest BCUT2D eigenvalue weighted by Gasteiger charge is 2.55. The molecule has 1 aromatic rings. The Bertz CT molecular complexity index is 496. The number of nitrogens with zero attached hydrogens (tertiary/aromatic N) is 2. The van der Waals surface area contributed by atoms with Crippen molar-refractivity contribution in [2.75, 3.05) is 7.05 Å². The largest absolute Gasteiger partial charge is 0.409 e. The van der Waals surface area contributed by atoms with Gasteiger partial charge in [-0.1, -0.05) is 16.8 Å². The van der Waals surface area contributed by atoms with Crippen LogP contribution in [0, 0.1) is 5.41 Å². The molecule has 0 unspecified atom stereocenters. The standard InChI is InChI=1S/C11H14ClN3O2S/c1-15(6-7-2-3-8(12)18-7)10(16)11(4-5-11)9(13)14-17/h2-3,17H,4-6H2,1H3,(H2,13,14). The van der Waals surface area contributed by atoms with Gasteiger partial charge in [-0.25, -0.2) is 0 Å². The fourth-order valence-corrected chi connectivity index (χ4v) is 3.05. The molecule has 0 atom stereocenters. The third-order valence-corrected chi connectivity index (χ3v) is 4.34. The summed E-state index contributed by atoms with van der Waals surface area (Å²) in [7, 11) is 1.71. The third kappa shape index (κ3) is 2.30. The van der Waals surface area contributed by atoms with Crippen LogP contribution in [0.3, 0.4) is 0 Å². The van der Waals surface area contributed by atoms with Crippen LogP contribution in [0.25, 0.3) is 0 Å². The van der Waals surface area contributed by atoms with Crippen molar-refractivity contribution in [2.24, 2.45) is 16.3 Å². The van der Waals surface area contributed by atoms with Crippen molar-refractivity contribution in [3.8, 4) is 0 Å². The number of hydrogen-bond donors (Lipinski definition) is 2. The molecule has 3 N–H and O–H groups in total. The van der Waals surface area contributed by atoms with Crippen LogP contribution in [0.1, 0.15) is 17.7 Å². The fraction of sp³-hybridized carbons (Fsp3) is 0.455. The minimum Gasteiger partial charge on any atom is -0.409 e. The van der Waals surface area contributed by atoms with Crippen LogP contribution in [0.4, 0.5) is 0 Å². The van der Waals surface area contributed by atoms with Gasteiger partial charge in [-0.15, -0.1) is 11.3 Å². The third-order valence-electron chi connectivity index (χ3n) is 3.13. The second kappa shape index (κ2) is 4.78. The summed E-state index contributed by atoms with van der Waals surface area (Å²) in [5, 5.41) is 11.7. The Morgan fingerprint density at radius 1 is 1.67 bits per heavy atom. The van der Waals surface area contributed by atoms with Crippen LogP contribution in [-0.2, 0) is 11.3 Å². The molecule has 1 heterocycles. The maximum Gasteiger partial charge on any atom is 0.236 e. The van der Waals surface area contributed by atoms with E-state index in [-0.39, 0.29) is 11.7 Å². The van der Waals surface area contributed by atoms with Gasteiger partial charge in [0.05, 0.1) is 10.9 Å². The quantitative estimate of drug-likeness (QED) is 0.384. The van der Waals surface area contributed by atoms with Gasteiger partial charge in [0.15, 0.2) is 5.84 Å². The van der Waals surface area contributed by atoms with Gasteiger partial charge < -0.3 is 15.8 Å². The highest BCUT2D eigenvalue weighted by molar-refractivity contribution is 7.16. The molecule has 1 aliphatic rings. The van der Waals surface area contributed by atoms with Gasteiger partial charge >= 0.3 is 0 Å². The molecule has 0 radical (unpaired) electrons. The van der Waals surface area contributed by atoms with E-state index in [1.165, 1.54) is 11.3 Å². The Morgan fingerprint density at radius 2 is 2.33 bits per heavy atom. The van der Waals surface area contributed by atoms with E-state index in [0.717, 1.165) is 4.88 Å². The summed E-state index contributed by atoms with van der Waals surface area (Å²) < 4.78 is 0.698. The molecule has 1 amide bonds. The van der Waals surface area contributed by atoms with E-state index in [1.54, 1.807) is 18.0 Å². The fourth-order valence-electron chi connectivity index (χ4n) is 1.91. The Morgan fingerprint density at radius 3 is 2.78 bits per heavy atom. The van der Waals surface area contributed by atoms with Crippen LogP contribution in [0.2, 0.25) is 4.34 Å². The zero-order valence-corrected chi connectivity index (χ0v) is 11.5. The SMILES string of the molecule is CN(Cc1ccc(Cl)s1)C(=O)C1(/C(N)=N/O)CC1. The number of amides is 1. The topological polar surface area (TPSA) is 78.9 Å². The first-order valence-corrected chi connectivity index (χ1v) is 6.67. The lowest BCUT2D eigenvalue weighted by molar-refractivity contribution is -0.133. The smallest absolute Gasteiger partial charge is 0.236 e. The summed E-state index contributed by atoms with van der Waals surface area (Å²) in [6.45, 7) is 0.483. The van der Waals surface area contributed by atoms with Gasteiger partial charge in [-0.2, -0.15) is 0 Å². The molecule has 2 rings (SSSR count). The second-order valence-corrected chi connectivity index (χ2v) is 6.23. The van der Waals surface area contributed by atoms with E-state index < -0.39 is 5.41 Å². The first-order chi connectivity index (χ1) is 8.49. The number of nitrogens with two attached hydrogens (primary N) is 1. The average Bonchev–Trinajstić information content (AvgIpc) is 3.07. The Labute approximate surface area is 114 Å². The number of hydrogen-bond acceptors (Lipinski definition) is 4. The highest BCUT2D eigenvalue weighted by Crippen LogP contribution is 2.47. The molecule has 98 valence electrons. The molecule has 5 nitrogen and oxygen atoms in total. The van der Waals surface area contributed by atoms with Gasteiger partial charge in [0.25, 0.3) is 0 Å². The Kier molecular flexibility index (Phi) is 3.49.